The zero-order valence-electron chi connectivity index (χ0n) is 13.7. The number of amides is 3. The fourth-order valence-electron chi connectivity index (χ4n) is 3.44. The second-order valence-corrected chi connectivity index (χ2v) is 6.66. The summed E-state index contributed by atoms with van der Waals surface area (Å²) in [5.41, 5.74) is 0.129. The van der Waals surface area contributed by atoms with Gasteiger partial charge >= 0.3 is 6.03 Å². The number of urea groups is 1. The fourth-order valence-corrected chi connectivity index (χ4v) is 3.44. The number of rotatable bonds is 3. The van der Waals surface area contributed by atoms with E-state index in [0.717, 1.165) is 19.3 Å². The number of ether oxygens (including phenoxy) is 1. The van der Waals surface area contributed by atoms with E-state index in [0.29, 0.717) is 19.0 Å². The molecule has 1 aromatic heterocycles. The second-order valence-electron chi connectivity index (χ2n) is 6.66. The molecule has 0 atom stereocenters. The molecule has 8 heteroatoms. The molecule has 126 valence electrons. The van der Waals surface area contributed by atoms with E-state index in [9.17, 15) is 9.59 Å². The van der Waals surface area contributed by atoms with Crippen molar-refractivity contribution in [2.75, 3.05) is 34.3 Å². The highest BCUT2D eigenvalue weighted by Crippen LogP contribution is 2.48. The van der Waals surface area contributed by atoms with Crippen molar-refractivity contribution in [1.29, 1.82) is 0 Å². The zero-order chi connectivity index (χ0) is 16.6. The maximum atomic E-state index is 12.4. The molecule has 23 heavy (non-hydrogen) atoms. The molecule has 1 aromatic rings. The predicted molar refractivity (Wildman–Crippen MR) is 81.2 cm³/mol. The molecule has 8 nitrogen and oxygen atoms in total. The second kappa shape index (κ2) is 5.75. The van der Waals surface area contributed by atoms with Gasteiger partial charge in [0.2, 0.25) is 5.76 Å². The summed E-state index contributed by atoms with van der Waals surface area (Å²) >= 11 is 0. The Kier molecular flexibility index (Phi) is 3.91. The molecule has 2 aliphatic rings. The van der Waals surface area contributed by atoms with Crippen LogP contribution in [0.25, 0.3) is 0 Å². The van der Waals surface area contributed by atoms with E-state index >= 15 is 0 Å². The maximum Gasteiger partial charge on any atom is 0.317 e. The third-order valence-corrected chi connectivity index (χ3v) is 4.73. The molecule has 0 bridgehead atoms. The number of nitrogens with zero attached hydrogens (tertiary/aromatic N) is 3. The lowest BCUT2D eigenvalue weighted by Crippen LogP contribution is -2.54. The topological polar surface area (TPSA) is 87.9 Å². The average Bonchev–Trinajstić information content (AvgIpc) is 3.12. The summed E-state index contributed by atoms with van der Waals surface area (Å²) in [6.07, 6.45) is 2.78. The minimum atomic E-state index is -0.154. The van der Waals surface area contributed by atoms with Crippen LogP contribution in [0.4, 0.5) is 4.79 Å². The molecular weight excluding hydrogens is 300 g/mol. The van der Waals surface area contributed by atoms with Crippen molar-refractivity contribution >= 4 is 11.9 Å². The van der Waals surface area contributed by atoms with Gasteiger partial charge in [0.05, 0.1) is 13.2 Å². The van der Waals surface area contributed by atoms with E-state index in [4.69, 9.17) is 9.26 Å². The van der Waals surface area contributed by atoms with Crippen molar-refractivity contribution in [3.63, 3.8) is 0 Å². The lowest BCUT2D eigenvalue weighted by atomic mass is 9.65. The van der Waals surface area contributed by atoms with Crippen LogP contribution in [-0.2, 0) is 0 Å². The van der Waals surface area contributed by atoms with Crippen LogP contribution in [0.1, 0.15) is 29.8 Å². The average molecular weight is 322 g/mol. The number of hydrogen-bond acceptors (Lipinski definition) is 5. The molecule has 3 amide bonds. The molecule has 1 aliphatic carbocycles. The summed E-state index contributed by atoms with van der Waals surface area (Å²) in [5.74, 6) is 0.353. The normalized spacial score (nSPS) is 26.0. The van der Waals surface area contributed by atoms with Gasteiger partial charge in [-0.2, -0.15) is 0 Å². The van der Waals surface area contributed by atoms with Gasteiger partial charge in [-0.15, -0.1) is 0 Å². The first-order valence-electron chi connectivity index (χ1n) is 7.70. The minimum Gasteiger partial charge on any atom is -0.479 e. The summed E-state index contributed by atoms with van der Waals surface area (Å²) in [6, 6.07) is 1.64. The summed E-state index contributed by atoms with van der Waals surface area (Å²) < 4.78 is 9.95. The predicted octanol–water partition coefficient (Wildman–Crippen LogP) is 0.949. The molecule has 2 fully saturated rings. The number of nitrogens with one attached hydrogen (secondary N) is 1. The molecular formula is C15H22N4O4. The van der Waals surface area contributed by atoms with Gasteiger partial charge in [0.25, 0.3) is 11.8 Å². The number of aromatic nitrogens is 1. The molecule has 1 spiro atoms. The Morgan fingerprint density at radius 2 is 2.22 bits per heavy atom. The number of methoxy groups -OCH3 is 1. The van der Waals surface area contributed by atoms with E-state index < -0.39 is 0 Å². The first-order chi connectivity index (χ1) is 10.9. The highest BCUT2D eigenvalue weighted by Gasteiger charge is 2.50. The van der Waals surface area contributed by atoms with Gasteiger partial charge in [-0.05, 0) is 29.8 Å². The molecule has 1 saturated heterocycles. The van der Waals surface area contributed by atoms with Gasteiger partial charge in [-0.3, -0.25) is 4.79 Å². The highest BCUT2D eigenvalue weighted by atomic mass is 16.5. The van der Waals surface area contributed by atoms with Crippen LogP contribution in [-0.4, -0.2) is 67.2 Å². The molecule has 1 saturated carbocycles. The Morgan fingerprint density at radius 1 is 1.48 bits per heavy atom. The smallest absolute Gasteiger partial charge is 0.317 e. The number of hydrogen-bond donors (Lipinski definition) is 1. The molecule has 3 rings (SSSR count). The summed E-state index contributed by atoms with van der Waals surface area (Å²) in [4.78, 5) is 27.4. The van der Waals surface area contributed by atoms with Gasteiger partial charge in [0, 0.05) is 33.2 Å². The first-order valence-corrected chi connectivity index (χ1v) is 7.70. The van der Waals surface area contributed by atoms with E-state index in [1.807, 2.05) is 0 Å². The minimum absolute atomic E-state index is 0.0652. The Morgan fingerprint density at radius 3 is 2.83 bits per heavy atom. The quantitative estimate of drug-likeness (QED) is 0.895. The van der Waals surface area contributed by atoms with E-state index in [-0.39, 0.29) is 29.2 Å². The van der Waals surface area contributed by atoms with Crippen LogP contribution in [0.2, 0.25) is 0 Å². The van der Waals surface area contributed by atoms with Crippen molar-refractivity contribution in [3.8, 4) is 5.88 Å². The first kappa shape index (κ1) is 15.6. The zero-order valence-corrected chi connectivity index (χ0v) is 13.7. The van der Waals surface area contributed by atoms with Crippen LogP contribution >= 0.6 is 0 Å². The van der Waals surface area contributed by atoms with Crippen LogP contribution < -0.4 is 10.1 Å². The molecule has 0 aromatic carbocycles. The lowest BCUT2D eigenvalue weighted by molar-refractivity contribution is 0.0632. The Balaban J connectivity index is 1.53. The third kappa shape index (κ3) is 2.97. The van der Waals surface area contributed by atoms with Crippen LogP contribution in [0.15, 0.2) is 10.6 Å². The van der Waals surface area contributed by atoms with Gasteiger partial charge in [0.1, 0.15) is 0 Å². The highest BCUT2D eigenvalue weighted by molar-refractivity contribution is 5.91. The Bertz CT molecular complexity index is 606. The van der Waals surface area contributed by atoms with Crippen LogP contribution in [0.3, 0.4) is 0 Å². The summed E-state index contributed by atoms with van der Waals surface area (Å²) in [6.45, 7) is 1.40. The Labute approximate surface area is 134 Å². The van der Waals surface area contributed by atoms with E-state index in [1.54, 1.807) is 19.0 Å². The van der Waals surface area contributed by atoms with Gasteiger partial charge in [-0.1, -0.05) is 0 Å². The summed E-state index contributed by atoms with van der Waals surface area (Å²) in [7, 11) is 4.93. The maximum absolute atomic E-state index is 12.4. The third-order valence-electron chi connectivity index (χ3n) is 4.73. The van der Waals surface area contributed by atoms with Crippen LogP contribution in [0, 0.1) is 5.41 Å². The molecule has 0 unspecified atom stereocenters. The monoisotopic (exact) mass is 322 g/mol. The van der Waals surface area contributed by atoms with Gasteiger partial charge in [-0.25, -0.2) is 4.79 Å². The SMILES string of the molecule is COc1cc(C(=O)N2CCC3(CC(NC(=O)N(C)C)C3)C2)on1. The Hall–Kier alpha value is -2.25. The van der Waals surface area contributed by atoms with Crippen molar-refractivity contribution in [2.24, 2.45) is 5.41 Å². The van der Waals surface area contributed by atoms with Crippen molar-refractivity contribution in [3.05, 3.63) is 11.8 Å². The number of likely N-dealkylation sites (tertiary alicyclic amines) is 1. The number of carbonyl (C=O) groups excluding carboxylic acids is 2. The number of carbonyl (C=O) groups is 2. The van der Waals surface area contributed by atoms with E-state index in [2.05, 4.69) is 10.5 Å². The van der Waals surface area contributed by atoms with Crippen molar-refractivity contribution in [2.45, 2.75) is 25.3 Å². The van der Waals surface area contributed by atoms with Gasteiger partial charge in [0.15, 0.2) is 0 Å². The van der Waals surface area contributed by atoms with Crippen molar-refractivity contribution < 1.29 is 18.8 Å². The molecule has 1 aliphatic heterocycles. The molecule has 2 heterocycles. The van der Waals surface area contributed by atoms with E-state index in [1.165, 1.54) is 18.1 Å². The standard InChI is InChI=1S/C15H22N4O4/c1-18(2)14(21)16-10-7-15(8-10)4-5-19(9-15)13(20)11-6-12(22-3)17-23-11/h6,10H,4-5,7-9H2,1-3H3,(H,16,21). The fraction of sp³-hybridized carbons (Fsp3) is 0.667. The molecule has 0 radical (unpaired) electrons. The van der Waals surface area contributed by atoms with Crippen molar-refractivity contribution in [1.82, 2.24) is 20.3 Å². The van der Waals surface area contributed by atoms with Gasteiger partial charge < -0.3 is 24.4 Å². The largest absolute Gasteiger partial charge is 0.479 e. The lowest BCUT2D eigenvalue weighted by Gasteiger charge is -2.45. The molecule has 1 N–H and O–H groups in total. The summed E-state index contributed by atoms with van der Waals surface area (Å²) in [5, 5.41) is 6.65. The van der Waals surface area contributed by atoms with Crippen LogP contribution in [0.5, 0.6) is 5.88 Å².